The van der Waals surface area contributed by atoms with Gasteiger partial charge in [-0.2, -0.15) is 0 Å². The molecular formula is C45H54O3SSi2. The molecular weight excluding hydrogens is 677 g/mol. The second-order valence-corrected chi connectivity index (χ2v) is 25.6. The van der Waals surface area contributed by atoms with Crippen LogP contribution in [0, 0.1) is 6.92 Å². The van der Waals surface area contributed by atoms with Crippen LogP contribution in [0.25, 0.3) is 0 Å². The Hall–Kier alpha value is -3.66. The number of benzene rings is 5. The largest absolute Gasteiger partial charge is 0.404 e. The van der Waals surface area contributed by atoms with Crippen LogP contribution in [-0.4, -0.2) is 39.3 Å². The summed E-state index contributed by atoms with van der Waals surface area (Å²) in [7, 11) is -7.02. The lowest BCUT2D eigenvalue weighted by Gasteiger charge is -2.45. The fourth-order valence-corrected chi connectivity index (χ4v) is 17.8. The summed E-state index contributed by atoms with van der Waals surface area (Å²) in [5.41, 5.74) is 2.17. The maximum atomic E-state index is 14.2. The van der Waals surface area contributed by atoms with Crippen molar-refractivity contribution < 1.29 is 13.1 Å². The zero-order valence-electron chi connectivity index (χ0n) is 31.6. The minimum absolute atomic E-state index is 0.144. The highest BCUT2D eigenvalue weighted by atomic mass is 32.2. The molecule has 0 amide bonds. The Balaban J connectivity index is 1.61. The Morgan fingerprint density at radius 2 is 0.980 bits per heavy atom. The monoisotopic (exact) mass is 730 g/mol. The molecule has 5 rings (SSSR count). The van der Waals surface area contributed by atoms with E-state index in [9.17, 15) is 4.21 Å². The van der Waals surface area contributed by atoms with Crippen LogP contribution in [-0.2, 0) is 19.7 Å². The number of aryl methyl sites for hydroxylation is 1. The molecule has 0 aliphatic heterocycles. The van der Waals surface area contributed by atoms with Crippen LogP contribution in [0.3, 0.4) is 0 Å². The molecule has 2 atom stereocenters. The van der Waals surface area contributed by atoms with Crippen molar-refractivity contribution in [2.75, 3.05) is 12.4 Å². The maximum Gasteiger partial charge on any atom is 0.261 e. The third-order valence-corrected chi connectivity index (χ3v) is 21.4. The van der Waals surface area contributed by atoms with Gasteiger partial charge in [0.2, 0.25) is 0 Å². The van der Waals surface area contributed by atoms with E-state index in [0.29, 0.717) is 12.4 Å². The van der Waals surface area contributed by atoms with E-state index in [1.807, 2.05) is 24.3 Å². The quantitative estimate of drug-likeness (QED) is 0.0900. The van der Waals surface area contributed by atoms with Crippen LogP contribution in [0.1, 0.15) is 54.0 Å². The first kappa shape index (κ1) is 38.6. The minimum Gasteiger partial charge on any atom is -0.404 e. The van der Waals surface area contributed by atoms with Crippen LogP contribution in [0.15, 0.2) is 162 Å². The molecule has 0 aliphatic carbocycles. The van der Waals surface area contributed by atoms with Crippen molar-refractivity contribution in [2.45, 2.75) is 76.5 Å². The van der Waals surface area contributed by atoms with E-state index in [1.54, 1.807) is 0 Å². The predicted octanol–water partition coefficient (Wildman–Crippen LogP) is 8.57. The summed E-state index contributed by atoms with van der Waals surface area (Å²) < 4.78 is 29.2. The third kappa shape index (κ3) is 8.37. The van der Waals surface area contributed by atoms with Gasteiger partial charge in [0.25, 0.3) is 16.6 Å². The van der Waals surface area contributed by atoms with Gasteiger partial charge in [0.15, 0.2) is 0 Å². The smallest absolute Gasteiger partial charge is 0.261 e. The molecule has 0 spiro atoms. The normalized spacial score (nSPS) is 14.2. The zero-order valence-corrected chi connectivity index (χ0v) is 34.4. The fourth-order valence-electron chi connectivity index (χ4n) is 7.28. The van der Waals surface area contributed by atoms with Crippen LogP contribution < -0.4 is 20.7 Å². The van der Waals surface area contributed by atoms with Gasteiger partial charge >= 0.3 is 0 Å². The van der Waals surface area contributed by atoms with E-state index in [0.717, 1.165) is 16.0 Å². The van der Waals surface area contributed by atoms with Gasteiger partial charge in [0.1, 0.15) is 0 Å². The average molecular weight is 731 g/mol. The lowest BCUT2D eigenvalue weighted by Crippen LogP contribution is -2.68. The van der Waals surface area contributed by atoms with Gasteiger partial charge in [-0.15, -0.1) is 0 Å². The van der Waals surface area contributed by atoms with Crippen molar-refractivity contribution in [3.8, 4) is 0 Å². The molecule has 51 heavy (non-hydrogen) atoms. The van der Waals surface area contributed by atoms with Crippen molar-refractivity contribution in [1.29, 1.82) is 0 Å². The molecule has 0 aromatic heterocycles. The second-order valence-electron chi connectivity index (χ2n) is 15.5. The van der Waals surface area contributed by atoms with Crippen LogP contribution in [0.5, 0.6) is 0 Å². The van der Waals surface area contributed by atoms with Gasteiger partial charge in [-0.1, -0.05) is 187 Å². The molecule has 0 saturated carbocycles. The highest BCUT2D eigenvalue weighted by molar-refractivity contribution is 7.85. The molecule has 0 fully saturated rings. The van der Waals surface area contributed by atoms with Crippen molar-refractivity contribution in [2.24, 2.45) is 0 Å². The van der Waals surface area contributed by atoms with E-state index in [-0.39, 0.29) is 10.1 Å². The van der Waals surface area contributed by atoms with Crippen LogP contribution in [0.4, 0.5) is 0 Å². The van der Waals surface area contributed by atoms with Crippen LogP contribution >= 0.6 is 0 Å². The maximum absolute atomic E-state index is 14.2. The molecule has 5 aromatic carbocycles. The first-order valence-corrected chi connectivity index (χ1v) is 23.1. The fraction of sp³-hybridized carbons (Fsp3) is 0.289. The van der Waals surface area contributed by atoms with Gasteiger partial charge < -0.3 is 8.85 Å². The zero-order chi connectivity index (χ0) is 36.7. The summed E-state index contributed by atoms with van der Waals surface area (Å²) in [6.07, 6.45) is 1.77. The molecule has 3 nitrogen and oxygen atoms in total. The Bertz CT molecular complexity index is 1800. The molecule has 0 radical (unpaired) electrons. The predicted molar refractivity (Wildman–Crippen MR) is 222 cm³/mol. The van der Waals surface area contributed by atoms with E-state index in [2.05, 4.69) is 183 Å². The van der Waals surface area contributed by atoms with Crippen molar-refractivity contribution in [3.05, 3.63) is 163 Å². The van der Waals surface area contributed by atoms with E-state index >= 15 is 0 Å². The highest BCUT2D eigenvalue weighted by Gasteiger charge is 2.52. The standard InChI is InChI=1S/C45H54O3SSi2/c1-36-29-31-38(32-30-36)49(46)35-43(48-51(45(6,7)8,41-25-17-11-18-26-41)42-27-19-12-20-28-42)37(2)33-34-47-50(44(3,4)5,39-21-13-9-14-22-39)40-23-15-10-16-24-40/h9-33,43H,34-35H2,1-8H3/b37-33-/t43-,49?/m1/s1. The number of rotatable bonds is 13. The Kier molecular flexibility index (Phi) is 12.4. The number of hydrogen-bond donors (Lipinski definition) is 0. The summed E-state index contributed by atoms with van der Waals surface area (Å²) in [6.45, 7) is 18.4. The summed E-state index contributed by atoms with van der Waals surface area (Å²) in [4.78, 5) is 0.813. The summed E-state index contributed by atoms with van der Waals surface area (Å²) in [5.74, 6) is 0.342. The van der Waals surface area contributed by atoms with E-state index in [4.69, 9.17) is 8.85 Å². The molecule has 0 saturated heterocycles. The molecule has 266 valence electrons. The minimum atomic E-state index is -2.97. The molecule has 0 aliphatic rings. The van der Waals surface area contributed by atoms with E-state index < -0.39 is 33.5 Å². The van der Waals surface area contributed by atoms with Crippen LogP contribution in [0.2, 0.25) is 10.1 Å². The first-order valence-electron chi connectivity index (χ1n) is 18.0. The lowest BCUT2D eigenvalue weighted by atomic mass is 10.2. The Labute approximate surface area is 311 Å². The third-order valence-electron chi connectivity index (χ3n) is 9.95. The Morgan fingerprint density at radius 3 is 1.35 bits per heavy atom. The van der Waals surface area contributed by atoms with Crippen molar-refractivity contribution in [3.63, 3.8) is 0 Å². The molecule has 0 heterocycles. The molecule has 6 heteroatoms. The molecule has 0 N–H and O–H groups in total. The van der Waals surface area contributed by atoms with Gasteiger partial charge in [-0.25, -0.2) is 0 Å². The highest BCUT2D eigenvalue weighted by Crippen LogP contribution is 2.39. The van der Waals surface area contributed by atoms with Gasteiger partial charge in [-0.3, -0.25) is 4.21 Å². The molecule has 5 aromatic rings. The number of hydrogen-bond acceptors (Lipinski definition) is 3. The van der Waals surface area contributed by atoms with Crippen molar-refractivity contribution >= 4 is 48.2 Å². The molecule has 0 bridgehead atoms. The lowest BCUT2D eigenvalue weighted by molar-refractivity contribution is 0.241. The SMILES string of the molecule is C/C(=C/CO[Si](c1ccccc1)(c1ccccc1)C(C)(C)C)[C@@H](CS(=O)c1ccc(C)cc1)O[Si](c1ccccc1)(c1ccccc1)C(C)(C)C. The van der Waals surface area contributed by atoms with Gasteiger partial charge in [0, 0.05) is 4.90 Å². The Morgan fingerprint density at radius 1 is 0.608 bits per heavy atom. The van der Waals surface area contributed by atoms with E-state index in [1.165, 1.54) is 20.7 Å². The second kappa shape index (κ2) is 16.3. The molecule has 1 unspecified atom stereocenters. The summed E-state index contributed by atoms with van der Waals surface area (Å²) >= 11 is 0. The first-order chi connectivity index (χ1) is 24.3. The summed E-state index contributed by atoms with van der Waals surface area (Å²) in [5, 5.41) is 4.52. The van der Waals surface area contributed by atoms with Crippen molar-refractivity contribution in [1.82, 2.24) is 0 Å². The average Bonchev–Trinajstić information content (AvgIpc) is 3.12. The van der Waals surface area contributed by atoms with Gasteiger partial charge in [0.05, 0.1) is 29.3 Å². The summed E-state index contributed by atoms with van der Waals surface area (Å²) in [6, 6.07) is 50.9. The van der Waals surface area contributed by atoms with Gasteiger partial charge in [-0.05, 0) is 62.4 Å². The topological polar surface area (TPSA) is 35.5 Å².